The van der Waals surface area contributed by atoms with Gasteiger partial charge >= 0.3 is 0 Å². The average molecular weight is 476 g/mol. The van der Waals surface area contributed by atoms with E-state index >= 15 is 0 Å². The Morgan fingerprint density at radius 3 is 2.63 bits per heavy atom. The van der Waals surface area contributed by atoms with E-state index in [4.69, 9.17) is 9.47 Å². The standard InChI is InChI=1S/C28H33N3O4/c1-6-13-30-16-24(32)31-15-20(18-11-12-22(35-17(2)3)23(14-18)34-5)25-19-9-7-8-10-21(19)29-26(25)28(31,4)27(30)33/h7-12,14,17,20,29H,6,13,15-16H2,1-5H3/t20-,28-/m0/s1. The van der Waals surface area contributed by atoms with Crippen molar-refractivity contribution < 1.29 is 19.1 Å². The fourth-order valence-corrected chi connectivity index (χ4v) is 5.68. The zero-order valence-corrected chi connectivity index (χ0v) is 21.1. The number of benzene rings is 2. The molecule has 0 bridgehead atoms. The first-order valence-corrected chi connectivity index (χ1v) is 12.3. The molecule has 184 valence electrons. The van der Waals surface area contributed by atoms with Crippen LogP contribution < -0.4 is 9.47 Å². The molecule has 35 heavy (non-hydrogen) atoms. The van der Waals surface area contributed by atoms with Crippen LogP contribution in [0.2, 0.25) is 0 Å². The number of carbonyl (C=O) groups excluding carboxylic acids is 2. The van der Waals surface area contributed by atoms with Crippen LogP contribution in [0, 0.1) is 0 Å². The predicted octanol–water partition coefficient (Wildman–Crippen LogP) is 4.41. The van der Waals surface area contributed by atoms with Gasteiger partial charge in [-0.3, -0.25) is 9.59 Å². The lowest BCUT2D eigenvalue weighted by Crippen LogP contribution is -2.67. The predicted molar refractivity (Wildman–Crippen MR) is 135 cm³/mol. The molecule has 0 radical (unpaired) electrons. The number of rotatable bonds is 6. The molecule has 3 aromatic rings. The number of aromatic amines is 1. The number of H-pyrrole nitrogens is 1. The van der Waals surface area contributed by atoms with Gasteiger partial charge in [0.15, 0.2) is 17.0 Å². The lowest BCUT2D eigenvalue weighted by molar-refractivity contribution is -0.166. The van der Waals surface area contributed by atoms with Crippen LogP contribution in [-0.2, 0) is 15.1 Å². The number of fused-ring (bicyclic) bond motifs is 5. The summed E-state index contributed by atoms with van der Waals surface area (Å²) < 4.78 is 11.6. The SMILES string of the molecule is CCCN1CC(=O)N2C[C@@H](c3ccc(OC(C)C)c(OC)c3)c3c([nH]c4ccccc34)[C@@]2(C)C1=O. The van der Waals surface area contributed by atoms with E-state index in [-0.39, 0.29) is 30.4 Å². The van der Waals surface area contributed by atoms with Crippen molar-refractivity contribution in [1.29, 1.82) is 0 Å². The molecule has 1 saturated heterocycles. The molecule has 7 nitrogen and oxygen atoms in total. The molecule has 2 aromatic carbocycles. The van der Waals surface area contributed by atoms with E-state index in [0.29, 0.717) is 24.6 Å². The summed E-state index contributed by atoms with van der Waals surface area (Å²) >= 11 is 0. The van der Waals surface area contributed by atoms with Crippen molar-refractivity contribution in [3.8, 4) is 11.5 Å². The highest BCUT2D eigenvalue weighted by Gasteiger charge is 2.56. The molecule has 1 N–H and O–H groups in total. The number of ether oxygens (including phenoxy) is 2. The monoisotopic (exact) mass is 475 g/mol. The van der Waals surface area contributed by atoms with Crippen LogP contribution in [0.1, 0.15) is 56.9 Å². The number of nitrogens with one attached hydrogen (secondary N) is 1. The minimum absolute atomic E-state index is 0.0217. The van der Waals surface area contributed by atoms with Gasteiger partial charge in [0.2, 0.25) is 5.91 Å². The van der Waals surface area contributed by atoms with Crippen LogP contribution in [0.3, 0.4) is 0 Å². The van der Waals surface area contributed by atoms with Crippen LogP contribution in [0.15, 0.2) is 42.5 Å². The fraction of sp³-hybridized carbons (Fsp3) is 0.429. The van der Waals surface area contributed by atoms with Crippen molar-refractivity contribution in [2.75, 3.05) is 26.7 Å². The third-order valence-corrected chi connectivity index (χ3v) is 7.26. The van der Waals surface area contributed by atoms with Gasteiger partial charge in [-0.2, -0.15) is 0 Å². The van der Waals surface area contributed by atoms with Crippen molar-refractivity contribution in [2.45, 2.75) is 51.7 Å². The number of hydrogen-bond donors (Lipinski definition) is 1. The zero-order valence-electron chi connectivity index (χ0n) is 21.1. The van der Waals surface area contributed by atoms with Gasteiger partial charge in [0.05, 0.1) is 25.5 Å². The molecule has 0 unspecified atom stereocenters. The highest BCUT2D eigenvalue weighted by molar-refractivity contribution is 6.01. The fourth-order valence-electron chi connectivity index (χ4n) is 5.68. The Morgan fingerprint density at radius 1 is 1.14 bits per heavy atom. The Labute approximate surface area is 206 Å². The molecule has 2 amide bonds. The summed E-state index contributed by atoms with van der Waals surface area (Å²) in [5, 5.41) is 1.07. The van der Waals surface area contributed by atoms with Gasteiger partial charge in [0.1, 0.15) is 0 Å². The number of para-hydroxylation sites is 1. The molecule has 1 fully saturated rings. The quantitative estimate of drug-likeness (QED) is 0.573. The molecule has 0 spiro atoms. The van der Waals surface area contributed by atoms with E-state index in [2.05, 4.69) is 11.1 Å². The molecular weight excluding hydrogens is 442 g/mol. The molecular formula is C28H33N3O4. The van der Waals surface area contributed by atoms with Crippen molar-refractivity contribution in [1.82, 2.24) is 14.8 Å². The third kappa shape index (κ3) is 3.56. The summed E-state index contributed by atoms with van der Waals surface area (Å²) in [4.78, 5) is 34.3. The molecule has 2 atom stereocenters. The largest absolute Gasteiger partial charge is 0.493 e. The minimum Gasteiger partial charge on any atom is -0.493 e. The summed E-state index contributed by atoms with van der Waals surface area (Å²) in [5.41, 5.74) is 2.78. The Hall–Kier alpha value is -3.48. The maximum atomic E-state index is 13.8. The average Bonchev–Trinajstić information content (AvgIpc) is 3.23. The lowest BCUT2D eigenvalue weighted by atomic mass is 9.76. The summed E-state index contributed by atoms with van der Waals surface area (Å²) in [7, 11) is 1.64. The van der Waals surface area contributed by atoms with E-state index in [1.165, 1.54) is 0 Å². The second-order valence-electron chi connectivity index (χ2n) is 9.89. The van der Waals surface area contributed by atoms with Gasteiger partial charge in [-0.15, -0.1) is 0 Å². The van der Waals surface area contributed by atoms with Crippen LogP contribution in [0.4, 0.5) is 0 Å². The zero-order chi connectivity index (χ0) is 24.9. The van der Waals surface area contributed by atoms with Crippen LogP contribution in [-0.4, -0.2) is 59.4 Å². The number of piperazine rings is 1. The van der Waals surface area contributed by atoms with Gasteiger partial charge in [-0.1, -0.05) is 31.2 Å². The summed E-state index contributed by atoms with van der Waals surface area (Å²) in [5.74, 6) is 1.17. The highest BCUT2D eigenvalue weighted by atomic mass is 16.5. The number of nitrogens with zero attached hydrogens (tertiary/aromatic N) is 2. The van der Waals surface area contributed by atoms with Crippen molar-refractivity contribution in [3.05, 3.63) is 59.3 Å². The first-order chi connectivity index (χ1) is 16.8. The molecule has 1 aromatic heterocycles. The van der Waals surface area contributed by atoms with E-state index < -0.39 is 5.54 Å². The molecule has 0 saturated carbocycles. The number of methoxy groups -OCH3 is 1. The first kappa shape index (κ1) is 23.3. The highest BCUT2D eigenvalue weighted by Crippen LogP contribution is 2.49. The molecule has 3 heterocycles. The van der Waals surface area contributed by atoms with Gasteiger partial charge in [-0.05, 0) is 56.5 Å². The van der Waals surface area contributed by atoms with E-state index in [0.717, 1.165) is 34.1 Å². The Kier molecular flexibility index (Phi) is 5.74. The van der Waals surface area contributed by atoms with E-state index in [1.807, 2.05) is 64.1 Å². The number of aromatic nitrogens is 1. The van der Waals surface area contributed by atoms with Gasteiger partial charge < -0.3 is 24.3 Å². The normalized spacial score (nSPS) is 21.9. The first-order valence-electron chi connectivity index (χ1n) is 12.3. The van der Waals surface area contributed by atoms with Gasteiger partial charge in [0.25, 0.3) is 5.91 Å². The maximum Gasteiger partial charge on any atom is 0.254 e. The van der Waals surface area contributed by atoms with Crippen molar-refractivity contribution in [3.63, 3.8) is 0 Å². The van der Waals surface area contributed by atoms with Gasteiger partial charge in [-0.25, -0.2) is 0 Å². The lowest BCUT2D eigenvalue weighted by Gasteiger charge is -2.51. The molecule has 5 rings (SSSR count). The Morgan fingerprint density at radius 2 is 1.91 bits per heavy atom. The number of amides is 2. The third-order valence-electron chi connectivity index (χ3n) is 7.26. The summed E-state index contributed by atoms with van der Waals surface area (Å²) in [6.45, 7) is 8.99. The topological polar surface area (TPSA) is 74.9 Å². The van der Waals surface area contributed by atoms with E-state index in [9.17, 15) is 9.59 Å². The van der Waals surface area contributed by atoms with Crippen LogP contribution >= 0.6 is 0 Å². The molecule has 7 heteroatoms. The molecule has 2 aliphatic rings. The van der Waals surface area contributed by atoms with Crippen molar-refractivity contribution >= 4 is 22.7 Å². The smallest absolute Gasteiger partial charge is 0.254 e. The minimum atomic E-state index is -1.07. The van der Waals surface area contributed by atoms with Crippen LogP contribution in [0.5, 0.6) is 11.5 Å². The Balaban J connectivity index is 1.70. The van der Waals surface area contributed by atoms with Crippen LogP contribution in [0.25, 0.3) is 10.9 Å². The summed E-state index contributed by atoms with van der Waals surface area (Å²) in [6, 6.07) is 14.1. The van der Waals surface area contributed by atoms with Gasteiger partial charge in [0, 0.05) is 29.9 Å². The molecule has 0 aliphatic carbocycles. The Bertz CT molecular complexity index is 1300. The van der Waals surface area contributed by atoms with Crippen molar-refractivity contribution in [2.24, 2.45) is 0 Å². The number of carbonyl (C=O) groups is 2. The molecule has 2 aliphatic heterocycles. The number of hydrogen-bond acceptors (Lipinski definition) is 4. The summed E-state index contributed by atoms with van der Waals surface area (Å²) in [6.07, 6.45) is 0.829. The second-order valence-corrected chi connectivity index (χ2v) is 9.89. The van der Waals surface area contributed by atoms with E-state index in [1.54, 1.807) is 16.9 Å². The second kappa shape index (κ2) is 8.63. The maximum absolute atomic E-state index is 13.8.